The van der Waals surface area contributed by atoms with Crippen molar-refractivity contribution >= 4 is 37.4 Å². The molecule has 0 saturated carbocycles. The van der Waals surface area contributed by atoms with Crippen LogP contribution in [0.4, 0.5) is 11.4 Å². The van der Waals surface area contributed by atoms with Gasteiger partial charge in [0.1, 0.15) is 5.75 Å². The molecule has 0 amide bonds. The third-order valence-electron chi connectivity index (χ3n) is 6.96. The van der Waals surface area contributed by atoms with Crippen LogP contribution in [0.2, 0.25) is 0 Å². The van der Waals surface area contributed by atoms with E-state index in [0.717, 1.165) is 15.6 Å². The molecule has 2 aliphatic heterocycles. The molecule has 10 nitrogen and oxygen atoms in total. The van der Waals surface area contributed by atoms with Gasteiger partial charge < -0.3 is 14.4 Å². The van der Waals surface area contributed by atoms with Gasteiger partial charge in [0.05, 0.1) is 28.6 Å². The van der Waals surface area contributed by atoms with Crippen LogP contribution in [0.1, 0.15) is 12.5 Å². The molecule has 0 bridgehead atoms. The lowest BCUT2D eigenvalue weighted by Gasteiger charge is -2.36. The van der Waals surface area contributed by atoms with E-state index in [0.29, 0.717) is 13.1 Å². The van der Waals surface area contributed by atoms with Crippen LogP contribution < -0.4 is 13.9 Å². The lowest BCUT2D eigenvalue weighted by atomic mass is 10.2. The number of hydrogen-bond acceptors (Lipinski definition) is 8. The standard InChI is InChI=1S/C28H31N3O7S2/c1-3-37-28(32)27-20-31(40(35,36)23-11-9-21(2)10-12-23)25-14-13-24(19-26(25)38-27)39(33,34)30-17-15-29(16-18-30)22-7-5-4-6-8-22/h4-14,19,27H,3,15-18,20H2,1-2H3/t27-/m1/s1. The molecule has 1 fully saturated rings. The maximum Gasteiger partial charge on any atom is 0.349 e. The number of ether oxygens (including phenoxy) is 2. The third kappa shape index (κ3) is 5.38. The summed E-state index contributed by atoms with van der Waals surface area (Å²) >= 11 is 0. The van der Waals surface area contributed by atoms with Gasteiger partial charge in [-0.15, -0.1) is 0 Å². The molecule has 0 spiro atoms. The molecule has 0 aromatic heterocycles. The number of para-hydroxylation sites is 1. The molecule has 12 heteroatoms. The summed E-state index contributed by atoms with van der Waals surface area (Å²) in [6, 6.07) is 20.2. The van der Waals surface area contributed by atoms with Crippen molar-refractivity contribution in [3.63, 3.8) is 0 Å². The number of anilines is 2. The van der Waals surface area contributed by atoms with Crippen LogP contribution in [0.25, 0.3) is 0 Å². The van der Waals surface area contributed by atoms with E-state index in [1.54, 1.807) is 19.1 Å². The quantitative estimate of drug-likeness (QED) is 0.389. The minimum absolute atomic E-state index is 0.0241. The van der Waals surface area contributed by atoms with Crippen LogP contribution in [0.3, 0.4) is 0 Å². The average molecular weight is 586 g/mol. The fraction of sp³-hybridized carbons (Fsp3) is 0.321. The van der Waals surface area contributed by atoms with Gasteiger partial charge in [0.2, 0.25) is 16.1 Å². The molecule has 0 unspecified atom stereocenters. The number of rotatable bonds is 7. The van der Waals surface area contributed by atoms with E-state index in [4.69, 9.17) is 9.47 Å². The van der Waals surface area contributed by atoms with Crippen molar-refractivity contribution in [3.05, 3.63) is 78.4 Å². The Hall–Kier alpha value is -3.61. The number of piperazine rings is 1. The number of hydrogen-bond donors (Lipinski definition) is 0. The summed E-state index contributed by atoms with van der Waals surface area (Å²) in [5, 5.41) is 0. The van der Waals surface area contributed by atoms with Gasteiger partial charge in [0.25, 0.3) is 10.0 Å². The Morgan fingerprint density at radius 2 is 1.52 bits per heavy atom. The molecule has 1 atom stereocenters. The number of fused-ring (bicyclic) bond motifs is 1. The summed E-state index contributed by atoms with van der Waals surface area (Å²) < 4.78 is 67.9. The Balaban J connectivity index is 1.45. The molecule has 5 rings (SSSR count). The van der Waals surface area contributed by atoms with Crippen LogP contribution >= 0.6 is 0 Å². The number of benzene rings is 3. The highest BCUT2D eigenvalue weighted by molar-refractivity contribution is 7.92. The molecule has 3 aromatic carbocycles. The van der Waals surface area contributed by atoms with Crippen LogP contribution in [-0.2, 0) is 29.6 Å². The molecule has 3 aromatic rings. The molecular weight excluding hydrogens is 554 g/mol. The van der Waals surface area contributed by atoms with Gasteiger partial charge in [-0.2, -0.15) is 4.31 Å². The topological polar surface area (TPSA) is 114 Å². The van der Waals surface area contributed by atoms with Crippen molar-refractivity contribution in [2.45, 2.75) is 29.7 Å². The molecule has 1 saturated heterocycles. The first-order valence-electron chi connectivity index (χ1n) is 13.0. The van der Waals surface area contributed by atoms with Gasteiger partial charge in [-0.1, -0.05) is 35.9 Å². The summed E-state index contributed by atoms with van der Waals surface area (Å²) in [5.41, 5.74) is 2.07. The van der Waals surface area contributed by atoms with Crippen LogP contribution in [0.15, 0.2) is 82.6 Å². The summed E-state index contributed by atoms with van der Waals surface area (Å²) in [5.74, 6) is -0.758. The number of carbonyl (C=O) groups excluding carboxylic acids is 1. The van der Waals surface area contributed by atoms with Crippen molar-refractivity contribution < 1.29 is 31.1 Å². The van der Waals surface area contributed by atoms with E-state index >= 15 is 0 Å². The zero-order valence-corrected chi connectivity index (χ0v) is 23.9. The molecule has 0 radical (unpaired) electrons. The Bertz CT molecular complexity index is 1590. The fourth-order valence-corrected chi connectivity index (χ4v) is 7.71. The third-order valence-corrected chi connectivity index (χ3v) is 10.6. The lowest BCUT2D eigenvalue weighted by molar-refractivity contribution is -0.151. The molecule has 2 aliphatic rings. The smallest absolute Gasteiger partial charge is 0.349 e. The van der Waals surface area contributed by atoms with Crippen molar-refractivity contribution in [1.29, 1.82) is 0 Å². The maximum atomic E-state index is 13.7. The van der Waals surface area contributed by atoms with E-state index in [-0.39, 0.29) is 47.5 Å². The van der Waals surface area contributed by atoms with Gasteiger partial charge in [-0.25, -0.2) is 21.6 Å². The maximum absolute atomic E-state index is 13.7. The highest BCUT2D eigenvalue weighted by Crippen LogP contribution is 2.39. The molecule has 2 heterocycles. The van der Waals surface area contributed by atoms with E-state index in [2.05, 4.69) is 4.90 Å². The van der Waals surface area contributed by atoms with Gasteiger partial charge in [-0.05, 0) is 50.2 Å². The van der Waals surface area contributed by atoms with Crippen LogP contribution in [-0.4, -0.2) is 72.5 Å². The Kier molecular flexibility index (Phi) is 7.76. The molecule has 40 heavy (non-hydrogen) atoms. The Labute approximate surface area is 234 Å². The SMILES string of the molecule is CCOC(=O)[C@H]1CN(S(=O)(=O)c2ccc(C)cc2)c2ccc(S(=O)(=O)N3CCN(c4ccccc4)CC3)cc2O1. The first-order valence-corrected chi connectivity index (χ1v) is 15.9. The molecule has 0 N–H and O–H groups in total. The number of sulfonamides is 2. The average Bonchev–Trinajstić information content (AvgIpc) is 2.97. The van der Waals surface area contributed by atoms with Gasteiger partial charge >= 0.3 is 5.97 Å². The zero-order valence-electron chi connectivity index (χ0n) is 22.3. The van der Waals surface area contributed by atoms with E-state index in [9.17, 15) is 21.6 Å². The highest BCUT2D eigenvalue weighted by atomic mass is 32.2. The number of nitrogens with zero attached hydrogens (tertiary/aromatic N) is 3. The first kappa shape index (κ1) is 27.9. The van der Waals surface area contributed by atoms with Crippen LogP contribution in [0.5, 0.6) is 5.75 Å². The zero-order chi connectivity index (χ0) is 28.5. The van der Waals surface area contributed by atoms with Gasteiger partial charge in [0.15, 0.2) is 0 Å². The minimum atomic E-state index is -4.09. The monoisotopic (exact) mass is 585 g/mol. The number of carbonyl (C=O) groups is 1. The lowest BCUT2D eigenvalue weighted by Crippen LogP contribution is -2.49. The summed E-state index contributed by atoms with van der Waals surface area (Å²) in [6.45, 7) is 4.88. The second-order valence-corrected chi connectivity index (χ2v) is 13.4. The van der Waals surface area contributed by atoms with E-state index in [1.165, 1.54) is 34.6 Å². The second kappa shape index (κ2) is 11.1. The van der Waals surface area contributed by atoms with Gasteiger partial charge in [0, 0.05) is 37.9 Å². The van der Waals surface area contributed by atoms with Crippen LogP contribution in [0, 0.1) is 6.92 Å². The highest BCUT2D eigenvalue weighted by Gasteiger charge is 2.39. The minimum Gasteiger partial charge on any atom is -0.475 e. The number of esters is 1. The first-order chi connectivity index (χ1) is 19.1. The van der Waals surface area contributed by atoms with Crippen molar-refractivity contribution in [2.75, 3.05) is 48.5 Å². The molecule has 0 aliphatic carbocycles. The fourth-order valence-electron chi connectivity index (χ4n) is 4.79. The summed E-state index contributed by atoms with van der Waals surface area (Å²) in [4.78, 5) is 14.8. The normalized spacial score (nSPS) is 18.1. The summed E-state index contributed by atoms with van der Waals surface area (Å²) in [7, 11) is -8.01. The van der Waals surface area contributed by atoms with E-state index < -0.39 is 32.1 Å². The Morgan fingerprint density at radius 1 is 0.875 bits per heavy atom. The van der Waals surface area contributed by atoms with Crippen molar-refractivity contribution in [3.8, 4) is 5.75 Å². The number of aryl methyl sites for hydroxylation is 1. The largest absolute Gasteiger partial charge is 0.475 e. The second-order valence-electron chi connectivity index (χ2n) is 9.56. The predicted molar refractivity (Wildman–Crippen MR) is 151 cm³/mol. The van der Waals surface area contributed by atoms with Gasteiger partial charge in [-0.3, -0.25) is 4.31 Å². The molecular formula is C28H31N3O7S2. The molecule has 212 valence electrons. The van der Waals surface area contributed by atoms with Crippen molar-refractivity contribution in [1.82, 2.24) is 4.31 Å². The van der Waals surface area contributed by atoms with E-state index in [1.807, 2.05) is 37.3 Å². The summed E-state index contributed by atoms with van der Waals surface area (Å²) in [6.07, 6.45) is -1.26. The van der Waals surface area contributed by atoms with Crippen molar-refractivity contribution in [2.24, 2.45) is 0 Å². The Morgan fingerprint density at radius 3 is 2.17 bits per heavy atom. The predicted octanol–water partition coefficient (Wildman–Crippen LogP) is 3.03.